The maximum atomic E-state index is 13.7. The number of rotatable bonds is 7. The Kier molecular flexibility index (Phi) is 6.51. The summed E-state index contributed by atoms with van der Waals surface area (Å²) in [5.74, 6) is -0.940. The van der Waals surface area contributed by atoms with Crippen molar-refractivity contribution in [1.82, 2.24) is 20.2 Å². The highest BCUT2D eigenvalue weighted by molar-refractivity contribution is 7.14. The summed E-state index contributed by atoms with van der Waals surface area (Å²) in [5.41, 5.74) is 2.25. The van der Waals surface area contributed by atoms with Crippen LogP contribution < -0.4 is 20.1 Å². The Bertz CT molecular complexity index is 1650. The summed E-state index contributed by atoms with van der Waals surface area (Å²) in [7, 11) is 1.22. The third kappa shape index (κ3) is 4.68. The number of esters is 1. The third-order valence-electron chi connectivity index (χ3n) is 6.44. The van der Waals surface area contributed by atoms with Crippen LogP contribution in [0.5, 0.6) is 11.5 Å². The smallest absolute Gasteiger partial charge is 0.357 e. The van der Waals surface area contributed by atoms with Gasteiger partial charge in [0.15, 0.2) is 34.3 Å². The van der Waals surface area contributed by atoms with Crippen LogP contribution in [0.1, 0.15) is 27.7 Å². The standard InChI is InChI=1S/C26H21N5O8S/c1-36-24(34)16-11-40-25(28-16)30-22(32)17(9-13-2-4-18-15(8-13)27-12-39-18)31-23(33)21(29-26(31)35)14-3-5-19-20(10-14)38-7-6-37-19/h2-5,8,10-12,17,21H,6-7,9H2,1H3,(H,29,35)(H,28,30,32)/t17-,21-/m0/s1. The minimum atomic E-state index is -1.26. The highest BCUT2D eigenvalue weighted by Crippen LogP contribution is 2.35. The number of nitrogens with zero attached hydrogens (tertiary/aromatic N) is 3. The second kappa shape index (κ2) is 10.3. The maximum absolute atomic E-state index is 13.7. The van der Waals surface area contributed by atoms with Crippen molar-refractivity contribution < 1.29 is 37.8 Å². The molecule has 0 unspecified atom stereocenters. The largest absolute Gasteiger partial charge is 0.486 e. The van der Waals surface area contributed by atoms with Crippen molar-refractivity contribution in [3.8, 4) is 11.5 Å². The predicted octanol–water partition coefficient (Wildman–Crippen LogP) is 2.69. The second-order valence-corrected chi connectivity index (χ2v) is 9.75. The van der Waals surface area contributed by atoms with Crippen LogP contribution in [0.25, 0.3) is 11.1 Å². The van der Waals surface area contributed by atoms with Crippen LogP contribution in [-0.2, 0) is 20.7 Å². The number of benzene rings is 2. The summed E-state index contributed by atoms with van der Waals surface area (Å²) >= 11 is 1.01. The van der Waals surface area contributed by atoms with Gasteiger partial charge in [-0.2, -0.15) is 0 Å². The second-order valence-electron chi connectivity index (χ2n) is 8.89. The fourth-order valence-corrected chi connectivity index (χ4v) is 5.21. The van der Waals surface area contributed by atoms with Gasteiger partial charge in [-0.1, -0.05) is 12.1 Å². The molecule has 6 rings (SSSR count). The Morgan fingerprint density at radius 2 is 2.00 bits per heavy atom. The van der Waals surface area contributed by atoms with Gasteiger partial charge in [-0.3, -0.25) is 9.59 Å². The molecule has 0 bridgehead atoms. The number of ether oxygens (including phenoxy) is 3. The van der Waals surface area contributed by atoms with Crippen LogP contribution in [0.2, 0.25) is 0 Å². The maximum Gasteiger partial charge on any atom is 0.357 e. The Morgan fingerprint density at radius 3 is 2.83 bits per heavy atom. The molecule has 2 aliphatic heterocycles. The Morgan fingerprint density at radius 1 is 1.18 bits per heavy atom. The summed E-state index contributed by atoms with van der Waals surface area (Å²) in [5, 5.41) is 6.84. The first kappa shape index (κ1) is 25.3. The van der Waals surface area contributed by atoms with Gasteiger partial charge in [-0.15, -0.1) is 11.3 Å². The van der Waals surface area contributed by atoms with Crippen molar-refractivity contribution in [2.75, 3.05) is 25.6 Å². The molecular formula is C26H21N5O8S. The molecule has 14 heteroatoms. The van der Waals surface area contributed by atoms with Crippen LogP contribution in [0.3, 0.4) is 0 Å². The molecule has 0 spiro atoms. The number of fused-ring (bicyclic) bond motifs is 2. The van der Waals surface area contributed by atoms with E-state index >= 15 is 0 Å². The van der Waals surface area contributed by atoms with E-state index in [9.17, 15) is 19.2 Å². The first-order valence-corrected chi connectivity index (χ1v) is 13.0. The van der Waals surface area contributed by atoms with E-state index in [0.29, 0.717) is 46.9 Å². The third-order valence-corrected chi connectivity index (χ3v) is 7.20. The molecule has 1 fully saturated rings. The van der Waals surface area contributed by atoms with Gasteiger partial charge in [-0.25, -0.2) is 24.5 Å². The van der Waals surface area contributed by atoms with Crippen LogP contribution in [0.4, 0.5) is 9.93 Å². The van der Waals surface area contributed by atoms with Crippen LogP contribution >= 0.6 is 11.3 Å². The minimum absolute atomic E-state index is 0.0170. The molecule has 2 atom stereocenters. The molecule has 4 aromatic rings. The lowest BCUT2D eigenvalue weighted by molar-refractivity contribution is -0.134. The topological polar surface area (TPSA) is 162 Å². The number of urea groups is 1. The van der Waals surface area contributed by atoms with E-state index in [1.54, 1.807) is 36.4 Å². The zero-order chi connectivity index (χ0) is 27.8. The fraction of sp³-hybridized carbons (Fsp3) is 0.231. The lowest BCUT2D eigenvalue weighted by Gasteiger charge is -2.24. The fourth-order valence-electron chi connectivity index (χ4n) is 4.53. The van der Waals surface area contributed by atoms with Crippen LogP contribution in [0, 0.1) is 0 Å². The van der Waals surface area contributed by atoms with Gasteiger partial charge >= 0.3 is 12.0 Å². The molecule has 2 aromatic heterocycles. The average molecular weight is 564 g/mol. The molecule has 2 aromatic carbocycles. The summed E-state index contributed by atoms with van der Waals surface area (Å²) in [6, 6.07) is 7.08. The monoisotopic (exact) mass is 563 g/mol. The van der Waals surface area contributed by atoms with Crippen LogP contribution in [0.15, 0.2) is 52.6 Å². The van der Waals surface area contributed by atoms with Crippen molar-refractivity contribution in [1.29, 1.82) is 0 Å². The number of anilines is 1. The van der Waals surface area contributed by atoms with Gasteiger partial charge in [0.2, 0.25) is 5.91 Å². The molecule has 4 amide bonds. The van der Waals surface area contributed by atoms with E-state index in [2.05, 4.69) is 25.3 Å². The van der Waals surface area contributed by atoms with Gasteiger partial charge in [0.05, 0.1) is 7.11 Å². The van der Waals surface area contributed by atoms with Crippen molar-refractivity contribution >= 4 is 51.4 Å². The van der Waals surface area contributed by atoms with Gasteiger partial charge in [0, 0.05) is 11.8 Å². The number of oxazole rings is 1. The van der Waals surface area contributed by atoms with E-state index in [4.69, 9.17) is 13.9 Å². The van der Waals surface area contributed by atoms with E-state index in [1.165, 1.54) is 18.9 Å². The van der Waals surface area contributed by atoms with Gasteiger partial charge in [0.1, 0.15) is 30.8 Å². The normalized spacial score (nSPS) is 17.0. The molecule has 4 heterocycles. The van der Waals surface area contributed by atoms with Crippen molar-refractivity contribution in [3.63, 3.8) is 0 Å². The zero-order valence-electron chi connectivity index (χ0n) is 20.9. The quantitative estimate of drug-likeness (QED) is 0.253. The number of aromatic nitrogens is 2. The predicted molar refractivity (Wildman–Crippen MR) is 139 cm³/mol. The van der Waals surface area contributed by atoms with E-state index in [1.807, 2.05) is 0 Å². The lowest BCUT2D eigenvalue weighted by atomic mass is 10.0. The summed E-state index contributed by atoms with van der Waals surface area (Å²) in [4.78, 5) is 61.4. The van der Waals surface area contributed by atoms with E-state index in [0.717, 1.165) is 16.2 Å². The molecule has 0 saturated carbocycles. The molecule has 13 nitrogen and oxygen atoms in total. The highest BCUT2D eigenvalue weighted by atomic mass is 32.1. The molecule has 2 aliphatic rings. The molecule has 204 valence electrons. The van der Waals surface area contributed by atoms with Crippen molar-refractivity contribution in [2.24, 2.45) is 0 Å². The summed E-state index contributed by atoms with van der Waals surface area (Å²) in [6.45, 7) is 0.774. The van der Waals surface area contributed by atoms with E-state index < -0.39 is 35.9 Å². The molecule has 2 N–H and O–H groups in total. The van der Waals surface area contributed by atoms with Gasteiger partial charge in [-0.05, 0) is 35.4 Å². The first-order valence-electron chi connectivity index (χ1n) is 12.1. The Hall–Kier alpha value is -4.98. The summed E-state index contributed by atoms with van der Waals surface area (Å²) in [6.07, 6.45) is 1.28. The number of nitrogens with one attached hydrogen (secondary N) is 2. The number of methoxy groups -OCH3 is 1. The van der Waals surface area contributed by atoms with Crippen LogP contribution in [-0.4, -0.2) is 65.0 Å². The molecular weight excluding hydrogens is 542 g/mol. The van der Waals surface area contributed by atoms with E-state index in [-0.39, 0.29) is 17.2 Å². The number of imide groups is 1. The molecule has 1 saturated heterocycles. The minimum Gasteiger partial charge on any atom is -0.486 e. The number of hydrogen-bond donors (Lipinski definition) is 2. The molecule has 40 heavy (non-hydrogen) atoms. The lowest BCUT2D eigenvalue weighted by Crippen LogP contribution is -2.49. The van der Waals surface area contributed by atoms with Crippen molar-refractivity contribution in [2.45, 2.75) is 18.5 Å². The first-order chi connectivity index (χ1) is 19.4. The number of hydrogen-bond acceptors (Lipinski definition) is 11. The molecule has 0 radical (unpaired) electrons. The number of carbonyl (C=O) groups is 4. The number of thiazole rings is 1. The van der Waals surface area contributed by atoms with Gasteiger partial charge in [0.25, 0.3) is 5.91 Å². The van der Waals surface area contributed by atoms with Gasteiger partial charge < -0.3 is 29.3 Å². The summed E-state index contributed by atoms with van der Waals surface area (Å²) < 4.78 is 21.1. The SMILES string of the molecule is COC(=O)c1csc(NC(=O)[C@H](Cc2ccc3ocnc3c2)N2C(=O)N[C@@H](c3ccc4c(c3)OCCO4)C2=O)n1. The molecule has 0 aliphatic carbocycles. The Balaban J connectivity index is 1.30. The number of carbonyl (C=O) groups excluding carboxylic acids is 4. The number of amides is 4. The average Bonchev–Trinajstić information content (AvgIpc) is 3.70. The Labute approximate surface area is 230 Å². The van der Waals surface area contributed by atoms with Crippen molar-refractivity contribution in [3.05, 3.63) is 65.0 Å². The zero-order valence-corrected chi connectivity index (χ0v) is 21.7. The highest BCUT2D eigenvalue weighted by Gasteiger charge is 2.45.